The van der Waals surface area contributed by atoms with E-state index in [1.165, 1.54) is 19.5 Å². The van der Waals surface area contributed by atoms with Gasteiger partial charge in [-0.15, -0.1) is 5.10 Å². The number of halogens is 1. The van der Waals surface area contributed by atoms with Crippen LogP contribution in [0, 0.1) is 17.1 Å². The topological polar surface area (TPSA) is 132 Å². The molecule has 0 saturated heterocycles. The summed E-state index contributed by atoms with van der Waals surface area (Å²) in [5.74, 6) is 0.0228. The number of aromatic nitrogens is 8. The number of hydrogen-bond acceptors (Lipinski definition) is 9. The summed E-state index contributed by atoms with van der Waals surface area (Å²) in [4.78, 5) is 8.75. The zero-order valence-electron chi connectivity index (χ0n) is 18.8. The first-order chi connectivity index (χ1) is 17.1. The number of pyridine rings is 1. The molecule has 0 aliphatic carbocycles. The lowest BCUT2D eigenvalue weighted by Crippen LogP contribution is -2.23. The highest BCUT2D eigenvalue weighted by Crippen LogP contribution is 2.29. The smallest absolute Gasteiger partial charge is 0.154 e. The molecule has 4 heterocycles. The summed E-state index contributed by atoms with van der Waals surface area (Å²) in [6.45, 7) is 2.37. The molecular formula is C23H19FN10O. The van der Waals surface area contributed by atoms with Crippen LogP contribution >= 0.6 is 0 Å². The third-order valence-corrected chi connectivity index (χ3v) is 5.37. The van der Waals surface area contributed by atoms with Crippen LogP contribution in [0.2, 0.25) is 0 Å². The van der Waals surface area contributed by atoms with Gasteiger partial charge in [0.25, 0.3) is 0 Å². The Bertz CT molecular complexity index is 1540. The normalized spacial score (nSPS) is 11.8. The lowest BCUT2D eigenvalue weighted by Gasteiger charge is -2.16. The molecular weight excluding hydrogens is 451 g/mol. The first-order valence-electron chi connectivity index (χ1n) is 10.6. The molecule has 0 spiro atoms. The van der Waals surface area contributed by atoms with Crippen molar-refractivity contribution >= 4 is 11.3 Å². The van der Waals surface area contributed by atoms with Gasteiger partial charge in [0.05, 0.1) is 31.2 Å². The maximum atomic E-state index is 14.6. The van der Waals surface area contributed by atoms with Gasteiger partial charge < -0.3 is 10.1 Å². The number of nitrogens with one attached hydrogen (secondary N) is 1. The maximum Gasteiger partial charge on any atom is 0.154 e. The van der Waals surface area contributed by atoms with Gasteiger partial charge in [-0.1, -0.05) is 0 Å². The van der Waals surface area contributed by atoms with Gasteiger partial charge in [-0.2, -0.15) is 10.4 Å². The number of fused-ring (bicyclic) bond motifs is 1. The van der Waals surface area contributed by atoms with Crippen molar-refractivity contribution in [2.24, 2.45) is 0 Å². The molecule has 4 aromatic heterocycles. The molecule has 0 bridgehead atoms. The number of benzene rings is 1. The SMILES string of the molecule is COc1ccnc(-c2cnc3ccc(-c4ccc(F)c(N[C@@H](C)Cn5cnnn5)c4)nn23)c1C#N. The van der Waals surface area contributed by atoms with E-state index in [0.29, 0.717) is 46.3 Å². The number of tetrazole rings is 1. The van der Waals surface area contributed by atoms with Crippen molar-refractivity contribution in [1.82, 2.24) is 39.8 Å². The van der Waals surface area contributed by atoms with E-state index in [9.17, 15) is 9.65 Å². The summed E-state index contributed by atoms with van der Waals surface area (Å²) in [7, 11) is 1.49. The lowest BCUT2D eigenvalue weighted by atomic mass is 10.1. The number of nitrogens with zero attached hydrogens (tertiary/aromatic N) is 9. The Morgan fingerprint density at radius 1 is 1.20 bits per heavy atom. The molecule has 12 heteroatoms. The van der Waals surface area contributed by atoms with E-state index in [-0.39, 0.29) is 17.4 Å². The van der Waals surface area contributed by atoms with Crippen LogP contribution in [-0.2, 0) is 6.54 Å². The second kappa shape index (κ2) is 9.14. The van der Waals surface area contributed by atoms with Crippen molar-refractivity contribution < 1.29 is 9.13 Å². The lowest BCUT2D eigenvalue weighted by molar-refractivity contribution is 0.413. The summed E-state index contributed by atoms with van der Waals surface area (Å²) in [6, 6.07) is 12.0. The molecule has 0 unspecified atom stereocenters. The average molecular weight is 470 g/mol. The quantitative estimate of drug-likeness (QED) is 0.381. The standard InChI is InChI=1S/C23H19FN10O/c1-14(12-33-13-28-31-32-33)29-19-9-15(3-4-17(19)24)18-5-6-22-27-11-20(34(22)30-18)23-16(10-25)21(35-2)7-8-26-23/h3-9,11,13-14,29H,12H2,1-2H3/t14-/m0/s1. The molecule has 5 aromatic rings. The molecule has 0 saturated carbocycles. The fourth-order valence-corrected chi connectivity index (χ4v) is 3.76. The second-order valence-electron chi connectivity index (χ2n) is 7.75. The van der Waals surface area contributed by atoms with Gasteiger partial charge in [-0.3, -0.25) is 4.98 Å². The Kier molecular flexibility index (Phi) is 5.72. The highest BCUT2D eigenvalue weighted by atomic mass is 19.1. The van der Waals surface area contributed by atoms with E-state index in [1.54, 1.807) is 51.9 Å². The predicted octanol–water partition coefficient (Wildman–Crippen LogP) is 2.96. The third-order valence-electron chi connectivity index (χ3n) is 5.37. The maximum absolute atomic E-state index is 14.6. The van der Waals surface area contributed by atoms with Crippen LogP contribution in [0.4, 0.5) is 10.1 Å². The molecule has 5 rings (SSSR count). The third kappa shape index (κ3) is 4.22. The van der Waals surface area contributed by atoms with Crippen LogP contribution in [0.1, 0.15) is 12.5 Å². The summed E-state index contributed by atoms with van der Waals surface area (Å²) >= 11 is 0. The number of nitriles is 1. The fraction of sp³-hybridized carbons (Fsp3) is 0.174. The summed E-state index contributed by atoms with van der Waals surface area (Å²) < 4.78 is 23.0. The van der Waals surface area contributed by atoms with Crippen molar-refractivity contribution in [3.63, 3.8) is 0 Å². The van der Waals surface area contributed by atoms with Gasteiger partial charge >= 0.3 is 0 Å². The van der Waals surface area contributed by atoms with Gasteiger partial charge in [0, 0.05) is 17.8 Å². The van der Waals surface area contributed by atoms with Gasteiger partial charge in [0.1, 0.15) is 40.9 Å². The zero-order chi connectivity index (χ0) is 24.4. The molecule has 11 nitrogen and oxygen atoms in total. The number of ether oxygens (including phenoxy) is 1. The number of hydrogen-bond donors (Lipinski definition) is 1. The van der Waals surface area contributed by atoms with Crippen LogP contribution in [-0.4, -0.2) is 52.9 Å². The van der Waals surface area contributed by atoms with Crippen molar-refractivity contribution in [1.29, 1.82) is 5.26 Å². The first-order valence-corrected chi connectivity index (χ1v) is 10.6. The number of anilines is 1. The summed E-state index contributed by atoms with van der Waals surface area (Å²) in [6.07, 6.45) is 4.67. The largest absolute Gasteiger partial charge is 0.495 e. The van der Waals surface area contributed by atoms with Crippen LogP contribution in [0.25, 0.3) is 28.3 Å². The van der Waals surface area contributed by atoms with E-state index < -0.39 is 0 Å². The minimum atomic E-state index is -0.388. The average Bonchev–Trinajstić information content (AvgIpc) is 3.54. The predicted molar refractivity (Wildman–Crippen MR) is 124 cm³/mol. The first kappa shape index (κ1) is 21.9. The number of rotatable bonds is 7. The molecule has 0 radical (unpaired) electrons. The van der Waals surface area contributed by atoms with Crippen LogP contribution in [0.5, 0.6) is 5.75 Å². The molecule has 0 aliphatic heterocycles. The molecule has 0 amide bonds. The van der Waals surface area contributed by atoms with Gasteiger partial charge in [0.15, 0.2) is 5.65 Å². The Labute approximate surface area is 198 Å². The molecule has 174 valence electrons. The second-order valence-corrected chi connectivity index (χ2v) is 7.75. The van der Waals surface area contributed by atoms with Crippen molar-refractivity contribution in [2.45, 2.75) is 19.5 Å². The Balaban J connectivity index is 1.51. The molecule has 1 atom stereocenters. The Hall–Kier alpha value is -4.92. The molecule has 1 aromatic carbocycles. The summed E-state index contributed by atoms with van der Waals surface area (Å²) in [5, 5.41) is 28.6. The van der Waals surface area contributed by atoms with Crippen molar-refractivity contribution in [3.05, 3.63) is 66.5 Å². The van der Waals surface area contributed by atoms with Crippen molar-refractivity contribution in [3.8, 4) is 34.5 Å². The zero-order valence-corrected chi connectivity index (χ0v) is 18.8. The minimum Gasteiger partial charge on any atom is -0.495 e. The van der Waals surface area contributed by atoms with E-state index in [2.05, 4.69) is 36.9 Å². The number of methoxy groups -OCH3 is 1. The monoisotopic (exact) mass is 470 g/mol. The van der Waals surface area contributed by atoms with E-state index in [4.69, 9.17) is 9.84 Å². The van der Waals surface area contributed by atoms with Crippen molar-refractivity contribution in [2.75, 3.05) is 12.4 Å². The number of imidazole rings is 1. The van der Waals surface area contributed by atoms with Crippen LogP contribution in [0.15, 0.2) is 55.1 Å². The van der Waals surface area contributed by atoms with E-state index in [0.717, 1.165) is 0 Å². The molecule has 0 aliphatic rings. The summed E-state index contributed by atoms with van der Waals surface area (Å²) in [5.41, 5.74) is 3.42. The van der Waals surface area contributed by atoms with Crippen LogP contribution < -0.4 is 10.1 Å². The highest BCUT2D eigenvalue weighted by molar-refractivity contribution is 5.71. The Morgan fingerprint density at radius 2 is 2.09 bits per heavy atom. The van der Waals surface area contributed by atoms with E-state index >= 15 is 0 Å². The molecule has 0 fully saturated rings. The van der Waals surface area contributed by atoms with Gasteiger partial charge in [-0.25, -0.2) is 18.6 Å². The fourth-order valence-electron chi connectivity index (χ4n) is 3.76. The molecule has 35 heavy (non-hydrogen) atoms. The highest BCUT2D eigenvalue weighted by Gasteiger charge is 2.18. The minimum absolute atomic E-state index is 0.137. The molecule has 1 N–H and O–H groups in total. The van der Waals surface area contributed by atoms with Gasteiger partial charge in [-0.05, 0) is 53.7 Å². The van der Waals surface area contributed by atoms with Crippen LogP contribution in [0.3, 0.4) is 0 Å². The van der Waals surface area contributed by atoms with E-state index in [1.807, 2.05) is 6.92 Å². The Morgan fingerprint density at radius 3 is 2.86 bits per heavy atom. The van der Waals surface area contributed by atoms with Gasteiger partial charge in [0.2, 0.25) is 0 Å².